The average Bonchev–Trinajstić information content (AvgIpc) is 3.60. The van der Waals surface area contributed by atoms with Gasteiger partial charge in [-0.15, -0.1) is 0 Å². The SMILES string of the molecule is C=CC(=O)Nc1ccc(Nc2ccc(C(F)(F)F)cc2)c(N2CCN(C3CC3)CC2=O)c1. The zero-order chi connectivity index (χ0) is 22.9. The second-order valence-corrected chi connectivity index (χ2v) is 7.87. The quantitative estimate of drug-likeness (QED) is 0.649. The summed E-state index contributed by atoms with van der Waals surface area (Å²) in [6, 6.07) is 10.2. The van der Waals surface area contributed by atoms with E-state index in [9.17, 15) is 22.8 Å². The summed E-state index contributed by atoms with van der Waals surface area (Å²) in [6.07, 6.45) is -1.05. The number of nitrogens with one attached hydrogen (secondary N) is 2. The number of alkyl halides is 3. The van der Waals surface area contributed by atoms with Crippen LogP contribution in [0.25, 0.3) is 0 Å². The molecule has 2 amide bonds. The van der Waals surface area contributed by atoms with Crippen molar-refractivity contribution in [3.63, 3.8) is 0 Å². The molecule has 1 aliphatic carbocycles. The van der Waals surface area contributed by atoms with Crippen molar-refractivity contribution >= 4 is 34.6 Å². The molecule has 1 heterocycles. The van der Waals surface area contributed by atoms with Gasteiger partial charge >= 0.3 is 6.18 Å². The topological polar surface area (TPSA) is 64.7 Å². The van der Waals surface area contributed by atoms with Crippen molar-refractivity contribution in [2.45, 2.75) is 25.1 Å². The first-order valence-electron chi connectivity index (χ1n) is 10.3. The van der Waals surface area contributed by atoms with Crippen molar-refractivity contribution in [2.75, 3.05) is 35.2 Å². The number of carbonyl (C=O) groups excluding carboxylic acids is 2. The molecule has 1 aliphatic heterocycles. The minimum Gasteiger partial charge on any atom is -0.354 e. The smallest absolute Gasteiger partial charge is 0.354 e. The Labute approximate surface area is 183 Å². The van der Waals surface area contributed by atoms with Crippen LogP contribution in [0.5, 0.6) is 0 Å². The molecule has 9 heteroatoms. The fourth-order valence-corrected chi connectivity index (χ4v) is 3.73. The zero-order valence-corrected chi connectivity index (χ0v) is 17.3. The molecule has 2 aromatic carbocycles. The van der Waals surface area contributed by atoms with Crippen molar-refractivity contribution < 1.29 is 22.8 Å². The number of piperazine rings is 1. The van der Waals surface area contributed by atoms with E-state index in [1.165, 1.54) is 12.1 Å². The van der Waals surface area contributed by atoms with Crippen molar-refractivity contribution in [1.29, 1.82) is 0 Å². The van der Waals surface area contributed by atoms with Crippen LogP contribution in [-0.2, 0) is 15.8 Å². The van der Waals surface area contributed by atoms with E-state index in [-0.39, 0.29) is 11.8 Å². The molecule has 0 aromatic heterocycles. The Balaban J connectivity index is 1.61. The number of rotatable bonds is 6. The summed E-state index contributed by atoms with van der Waals surface area (Å²) in [5, 5.41) is 5.78. The lowest BCUT2D eigenvalue weighted by atomic mass is 10.1. The van der Waals surface area contributed by atoms with E-state index >= 15 is 0 Å². The number of hydrogen-bond donors (Lipinski definition) is 2. The minimum atomic E-state index is -4.41. The first kappa shape index (κ1) is 21.9. The third kappa shape index (κ3) is 4.94. The van der Waals surface area contributed by atoms with Gasteiger partial charge in [0.15, 0.2) is 0 Å². The number of nitrogens with zero attached hydrogens (tertiary/aromatic N) is 2. The third-order valence-electron chi connectivity index (χ3n) is 5.55. The summed E-state index contributed by atoms with van der Waals surface area (Å²) in [5.41, 5.74) is 1.30. The number of halogens is 3. The molecule has 0 spiro atoms. The molecule has 0 radical (unpaired) electrons. The predicted octanol–water partition coefficient (Wildman–Crippen LogP) is 4.38. The summed E-state index contributed by atoms with van der Waals surface area (Å²) in [6.45, 7) is 4.97. The highest BCUT2D eigenvalue weighted by Crippen LogP contribution is 2.36. The maximum absolute atomic E-state index is 12.9. The molecule has 1 saturated carbocycles. The standard InChI is InChI=1S/C23H23F3N4O2/c1-2-21(31)28-17-7-10-19(27-16-5-3-15(4-6-16)23(24,25)26)20(13-17)30-12-11-29(14-22(30)32)18-8-9-18/h2-7,10,13,18,27H,1,8-9,11-12,14H2,(H,28,31). The highest BCUT2D eigenvalue weighted by Gasteiger charge is 2.35. The van der Waals surface area contributed by atoms with Gasteiger partial charge in [0, 0.05) is 30.5 Å². The molecule has 0 unspecified atom stereocenters. The van der Waals surface area contributed by atoms with Gasteiger partial charge in [-0.05, 0) is 61.4 Å². The lowest BCUT2D eigenvalue weighted by Gasteiger charge is -2.35. The molecule has 0 atom stereocenters. The molecule has 32 heavy (non-hydrogen) atoms. The summed E-state index contributed by atoms with van der Waals surface area (Å²) >= 11 is 0. The lowest BCUT2D eigenvalue weighted by molar-refractivity contribution is -0.137. The first-order chi connectivity index (χ1) is 15.2. The second kappa shape index (κ2) is 8.66. The molecule has 1 saturated heterocycles. The van der Waals surface area contributed by atoms with E-state index in [0.717, 1.165) is 37.6 Å². The Hall–Kier alpha value is -3.33. The van der Waals surface area contributed by atoms with Crippen LogP contribution in [0.15, 0.2) is 55.1 Å². The minimum absolute atomic E-state index is 0.0641. The van der Waals surface area contributed by atoms with E-state index < -0.39 is 11.7 Å². The van der Waals surface area contributed by atoms with Crippen molar-refractivity contribution in [2.24, 2.45) is 0 Å². The highest BCUT2D eigenvalue weighted by molar-refractivity contribution is 6.02. The third-order valence-corrected chi connectivity index (χ3v) is 5.55. The summed E-state index contributed by atoms with van der Waals surface area (Å²) < 4.78 is 38.6. The van der Waals surface area contributed by atoms with Crippen LogP contribution in [0.3, 0.4) is 0 Å². The van der Waals surface area contributed by atoms with Crippen LogP contribution in [0, 0.1) is 0 Å². The number of carbonyl (C=O) groups is 2. The van der Waals surface area contributed by atoms with Crippen LogP contribution in [0.4, 0.5) is 35.9 Å². The van der Waals surface area contributed by atoms with Crippen molar-refractivity contribution in [1.82, 2.24) is 4.90 Å². The van der Waals surface area contributed by atoms with Gasteiger partial charge in [-0.2, -0.15) is 13.2 Å². The van der Waals surface area contributed by atoms with Gasteiger partial charge < -0.3 is 15.5 Å². The monoisotopic (exact) mass is 444 g/mol. The van der Waals surface area contributed by atoms with Crippen LogP contribution in [0.2, 0.25) is 0 Å². The Morgan fingerprint density at radius 2 is 1.75 bits per heavy atom. The predicted molar refractivity (Wildman–Crippen MR) is 117 cm³/mol. The van der Waals surface area contributed by atoms with E-state index in [4.69, 9.17) is 0 Å². The average molecular weight is 444 g/mol. The van der Waals surface area contributed by atoms with Crippen LogP contribution in [0.1, 0.15) is 18.4 Å². The van der Waals surface area contributed by atoms with E-state index in [1.54, 1.807) is 23.1 Å². The molecule has 4 rings (SSSR count). The first-order valence-corrected chi connectivity index (χ1v) is 10.3. The number of anilines is 4. The Morgan fingerprint density at radius 1 is 1.06 bits per heavy atom. The molecule has 2 N–H and O–H groups in total. The van der Waals surface area contributed by atoms with Gasteiger partial charge in [0.25, 0.3) is 0 Å². The van der Waals surface area contributed by atoms with Gasteiger partial charge in [0.1, 0.15) is 0 Å². The van der Waals surface area contributed by atoms with E-state index in [1.807, 2.05) is 0 Å². The van der Waals surface area contributed by atoms with Crippen molar-refractivity contribution in [3.8, 4) is 0 Å². The maximum atomic E-state index is 12.9. The summed E-state index contributed by atoms with van der Waals surface area (Å²) in [4.78, 5) is 28.5. The molecule has 2 aromatic rings. The van der Waals surface area contributed by atoms with E-state index in [0.29, 0.717) is 41.9 Å². The van der Waals surface area contributed by atoms with Gasteiger partial charge in [0.05, 0.1) is 23.5 Å². The van der Waals surface area contributed by atoms with Gasteiger partial charge in [-0.3, -0.25) is 14.5 Å². The maximum Gasteiger partial charge on any atom is 0.416 e. The Morgan fingerprint density at radius 3 is 2.34 bits per heavy atom. The van der Waals surface area contributed by atoms with Gasteiger partial charge in [-0.1, -0.05) is 6.58 Å². The zero-order valence-electron chi connectivity index (χ0n) is 17.3. The number of hydrogen-bond acceptors (Lipinski definition) is 4. The normalized spacial score (nSPS) is 17.2. The molecular formula is C23H23F3N4O2. The van der Waals surface area contributed by atoms with Gasteiger partial charge in [-0.25, -0.2) is 0 Å². The second-order valence-electron chi connectivity index (χ2n) is 7.87. The molecule has 168 valence electrons. The largest absolute Gasteiger partial charge is 0.416 e. The highest BCUT2D eigenvalue weighted by atomic mass is 19.4. The molecule has 2 fully saturated rings. The van der Waals surface area contributed by atoms with Crippen LogP contribution < -0.4 is 15.5 Å². The molecule has 2 aliphatic rings. The molecular weight excluding hydrogens is 421 g/mol. The summed E-state index contributed by atoms with van der Waals surface area (Å²) in [7, 11) is 0. The molecule has 0 bridgehead atoms. The number of benzene rings is 2. The summed E-state index contributed by atoms with van der Waals surface area (Å²) in [5.74, 6) is -0.449. The number of amides is 2. The fourth-order valence-electron chi connectivity index (χ4n) is 3.73. The lowest BCUT2D eigenvalue weighted by Crippen LogP contribution is -2.51. The fraction of sp³-hybridized carbons (Fsp3) is 0.304. The van der Waals surface area contributed by atoms with Crippen LogP contribution >= 0.6 is 0 Å². The Kier molecular flexibility index (Phi) is 5.92. The Bertz CT molecular complexity index is 1030. The van der Waals surface area contributed by atoms with Crippen molar-refractivity contribution in [3.05, 3.63) is 60.7 Å². The molecule has 6 nitrogen and oxygen atoms in total. The van der Waals surface area contributed by atoms with Crippen LogP contribution in [-0.4, -0.2) is 42.4 Å². The van der Waals surface area contributed by atoms with Gasteiger partial charge in [0.2, 0.25) is 11.8 Å². The van der Waals surface area contributed by atoms with E-state index in [2.05, 4.69) is 22.1 Å².